The average molecular weight is 432 g/mol. The molecule has 32 heavy (non-hydrogen) atoms. The summed E-state index contributed by atoms with van der Waals surface area (Å²) >= 11 is 0. The number of carbonyl (C=O) groups excluding carboxylic acids is 1. The van der Waals surface area contributed by atoms with Gasteiger partial charge in [0.15, 0.2) is 0 Å². The zero-order chi connectivity index (χ0) is 23.0. The molecule has 0 bridgehead atoms. The van der Waals surface area contributed by atoms with Crippen molar-refractivity contribution in [2.75, 3.05) is 0 Å². The molecule has 0 saturated heterocycles. The van der Waals surface area contributed by atoms with E-state index in [1.807, 2.05) is 33.8 Å². The molecule has 1 amide bonds. The first kappa shape index (κ1) is 21.6. The molecule has 1 aromatic carbocycles. The lowest BCUT2D eigenvalue weighted by atomic mass is 10.1. The Morgan fingerprint density at radius 2 is 2.03 bits per heavy atom. The van der Waals surface area contributed by atoms with Crippen LogP contribution in [0.1, 0.15) is 46.8 Å². The highest BCUT2D eigenvalue weighted by molar-refractivity contribution is 6.02. The van der Waals surface area contributed by atoms with Gasteiger partial charge in [0.05, 0.1) is 17.9 Å². The summed E-state index contributed by atoms with van der Waals surface area (Å²) in [7, 11) is 0. The fourth-order valence-corrected chi connectivity index (χ4v) is 4.04. The Labute approximate surface area is 186 Å². The van der Waals surface area contributed by atoms with Crippen molar-refractivity contribution in [1.29, 1.82) is 5.26 Å². The van der Waals surface area contributed by atoms with Gasteiger partial charge in [0, 0.05) is 23.0 Å². The third kappa shape index (κ3) is 3.96. The second-order valence-corrected chi connectivity index (χ2v) is 8.25. The van der Waals surface area contributed by atoms with Gasteiger partial charge in [-0.2, -0.15) is 5.26 Å². The second-order valence-electron chi connectivity index (χ2n) is 8.25. The molecule has 4 rings (SSSR count). The molecule has 3 aromatic rings. The number of benzene rings is 1. The predicted molar refractivity (Wildman–Crippen MR) is 118 cm³/mol. The van der Waals surface area contributed by atoms with Crippen LogP contribution < -0.4 is 0 Å². The van der Waals surface area contributed by atoms with E-state index < -0.39 is 0 Å². The molecule has 2 heterocycles. The smallest absolute Gasteiger partial charge is 0.265 e. The van der Waals surface area contributed by atoms with E-state index in [4.69, 9.17) is 4.52 Å². The molecule has 0 aliphatic heterocycles. The Kier molecular flexibility index (Phi) is 5.70. The van der Waals surface area contributed by atoms with Gasteiger partial charge < -0.3 is 14.0 Å². The topological polar surface area (TPSA) is 75.1 Å². The van der Waals surface area contributed by atoms with Crippen LogP contribution in [0.25, 0.3) is 11.8 Å². The number of carbonyl (C=O) groups is 1. The lowest BCUT2D eigenvalue weighted by Crippen LogP contribution is -2.33. The molecule has 2 aromatic heterocycles. The van der Waals surface area contributed by atoms with Crippen molar-refractivity contribution in [3.05, 3.63) is 75.7 Å². The Balaban J connectivity index is 1.68. The van der Waals surface area contributed by atoms with E-state index in [2.05, 4.69) is 11.2 Å². The summed E-state index contributed by atoms with van der Waals surface area (Å²) < 4.78 is 21.4. The number of nitrogens with zero attached hydrogens (tertiary/aromatic N) is 4. The van der Waals surface area contributed by atoms with Gasteiger partial charge in [-0.3, -0.25) is 4.79 Å². The number of hydrogen-bond acceptors (Lipinski definition) is 4. The molecule has 164 valence electrons. The number of rotatable bonds is 6. The summed E-state index contributed by atoms with van der Waals surface area (Å²) in [5.74, 6) is 0.0309. The van der Waals surface area contributed by atoms with Crippen LogP contribution in [0.4, 0.5) is 4.39 Å². The molecular formula is C25H25FN4O2. The van der Waals surface area contributed by atoms with E-state index in [-0.39, 0.29) is 23.3 Å². The first-order valence-electron chi connectivity index (χ1n) is 10.6. The maximum Gasteiger partial charge on any atom is 0.265 e. The van der Waals surface area contributed by atoms with Crippen molar-refractivity contribution in [1.82, 2.24) is 14.6 Å². The van der Waals surface area contributed by atoms with Crippen LogP contribution in [0.5, 0.6) is 0 Å². The number of para-hydroxylation sites is 1. The first-order valence-corrected chi connectivity index (χ1v) is 10.6. The fourth-order valence-electron chi connectivity index (χ4n) is 4.04. The van der Waals surface area contributed by atoms with Crippen LogP contribution >= 0.6 is 0 Å². The molecule has 0 spiro atoms. The predicted octanol–water partition coefficient (Wildman–Crippen LogP) is 4.94. The monoisotopic (exact) mass is 432 g/mol. The SMILES string of the molecule is Cc1noc(C)c1CN(C(=O)/C(C#N)=C/c1cc(C)n(-c2ccccc2F)c1C)C1CC1. The Morgan fingerprint density at radius 3 is 2.62 bits per heavy atom. The summed E-state index contributed by atoms with van der Waals surface area (Å²) in [5.41, 5.74) is 4.40. The highest BCUT2D eigenvalue weighted by Crippen LogP contribution is 2.32. The zero-order valence-corrected chi connectivity index (χ0v) is 18.6. The van der Waals surface area contributed by atoms with Gasteiger partial charge in [-0.25, -0.2) is 4.39 Å². The van der Waals surface area contributed by atoms with Gasteiger partial charge in [-0.05, 0) is 70.4 Å². The normalized spacial score (nSPS) is 13.8. The van der Waals surface area contributed by atoms with Crippen LogP contribution in [0.2, 0.25) is 0 Å². The summed E-state index contributed by atoms with van der Waals surface area (Å²) in [6.45, 7) is 7.76. The van der Waals surface area contributed by atoms with Gasteiger partial charge in [0.1, 0.15) is 23.2 Å². The van der Waals surface area contributed by atoms with E-state index >= 15 is 0 Å². The lowest BCUT2D eigenvalue weighted by Gasteiger charge is -2.22. The maximum absolute atomic E-state index is 14.4. The maximum atomic E-state index is 14.4. The lowest BCUT2D eigenvalue weighted by molar-refractivity contribution is -0.127. The highest BCUT2D eigenvalue weighted by atomic mass is 19.1. The molecule has 0 radical (unpaired) electrons. The zero-order valence-electron chi connectivity index (χ0n) is 18.6. The minimum atomic E-state index is -0.333. The molecule has 1 aliphatic rings. The summed E-state index contributed by atoms with van der Waals surface area (Å²) in [4.78, 5) is 15.1. The molecule has 1 aliphatic carbocycles. The molecule has 1 saturated carbocycles. The third-order valence-electron chi connectivity index (χ3n) is 5.97. The number of aromatic nitrogens is 2. The minimum Gasteiger partial charge on any atom is -0.361 e. The van der Waals surface area contributed by atoms with Gasteiger partial charge in [-0.1, -0.05) is 17.3 Å². The molecule has 0 atom stereocenters. The number of aryl methyl sites for hydroxylation is 3. The Bertz CT molecular complexity index is 1240. The molecule has 7 heteroatoms. The van der Waals surface area contributed by atoms with Gasteiger partial charge >= 0.3 is 0 Å². The van der Waals surface area contributed by atoms with Gasteiger partial charge in [0.25, 0.3) is 5.91 Å². The fraction of sp³-hybridized carbons (Fsp3) is 0.320. The summed E-state index contributed by atoms with van der Waals surface area (Å²) in [6.07, 6.45) is 3.43. The third-order valence-corrected chi connectivity index (χ3v) is 5.97. The van der Waals surface area contributed by atoms with E-state index in [1.165, 1.54) is 6.07 Å². The van der Waals surface area contributed by atoms with Crippen molar-refractivity contribution in [3.8, 4) is 11.8 Å². The van der Waals surface area contributed by atoms with Crippen LogP contribution in [-0.4, -0.2) is 26.6 Å². The van der Waals surface area contributed by atoms with Crippen molar-refractivity contribution in [2.45, 2.75) is 53.1 Å². The molecule has 1 fully saturated rings. The van der Waals surface area contributed by atoms with Crippen molar-refractivity contribution in [2.24, 2.45) is 0 Å². The Morgan fingerprint density at radius 1 is 1.31 bits per heavy atom. The van der Waals surface area contributed by atoms with Crippen LogP contribution in [0.15, 0.2) is 40.4 Å². The number of halogens is 1. The number of hydrogen-bond donors (Lipinski definition) is 0. The van der Waals surface area contributed by atoms with Crippen molar-refractivity contribution in [3.63, 3.8) is 0 Å². The summed E-state index contributed by atoms with van der Waals surface area (Å²) in [6, 6.07) is 10.6. The van der Waals surface area contributed by atoms with Crippen LogP contribution in [0.3, 0.4) is 0 Å². The van der Waals surface area contributed by atoms with Gasteiger partial charge in [-0.15, -0.1) is 0 Å². The van der Waals surface area contributed by atoms with Gasteiger partial charge in [0.2, 0.25) is 0 Å². The van der Waals surface area contributed by atoms with E-state index in [0.29, 0.717) is 23.6 Å². The molecule has 0 unspecified atom stereocenters. The van der Waals surface area contributed by atoms with E-state index in [9.17, 15) is 14.4 Å². The standard InChI is InChI=1S/C25H25FN4O2/c1-15-11-19(17(3)30(15)24-8-6-5-7-23(24)26)12-20(13-27)25(31)29(21-9-10-21)14-22-16(2)28-32-18(22)4/h5-8,11-12,21H,9-10,14H2,1-4H3/b20-12+. The molecular weight excluding hydrogens is 407 g/mol. The quantitative estimate of drug-likeness (QED) is 0.409. The first-order chi connectivity index (χ1) is 15.3. The average Bonchev–Trinajstić information content (AvgIpc) is 3.51. The Hall–Kier alpha value is -3.66. The molecule has 0 N–H and O–H groups in total. The van der Waals surface area contributed by atoms with E-state index in [0.717, 1.165) is 35.5 Å². The van der Waals surface area contributed by atoms with Crippen LogP contribution in [0, 0.1) is 44.8 Å². The summed E-state index contributed by atoms with van der Waals surface area (Å²) in [5, 5.41) is 13.8. The number of nitriles is 1. The minimum absolute atomic E-state index is 0.0532. The molecule has 6 nitrogen and oxygen atoms in total. The van der Waals surface area contributed by atoms with Crippen molar-refractivity contribution < 1.29 is 13.7 Å². The highest BCUT2D eigenvalue weighted by Gasteiger charge is 2.35. The second kappa shape index (κ2) is 8.46. The van der Waals surface area contributed by atoms with Crippen molar-refractivity contribution >= 4 is 12.0 Å². The van der Waals surface area contributed by atoms with E-state index in [1.54, 1.807) is 33.7 Å². The largest absolute Gasteiger partial charge is 0.361 e. The van der Waals surface area contributed by atoms with Crippen LogP contribution in [-0.2, 0) is 11.3 Å². The number of amides is 1.